The van der Waals surface area contributed by atoms with Crippen LogP contribution in [0.1, 0.15) is 30.5 Å². The molecule has 2 rings (SSSR count). The number of alkyl halides is 2. The average molecular weight is 246 g/mol. The molecular formula is C10H12F2N2OS. The molecule has 16 heavy (non-hydrogen) atoms. The minimum Gasteiger partial charge on any atom is -0.493 e. The van der Waals surface area contributed by atoms with E-state index >= 15 is 0 Å². The first-order chi connectivity index (χ1) is 7.54. The summed E-state index contributed by atoms with van der Waals surface area (Å²) in [5.74, 6) is -3.24. The summed E-state index contributed by atoms with van der Waals surface area (Å²) in [5.41, 5.74) is -0.0813. The Bertz CT molecular complexity index is 412. The van der Waals surface area contributed by atoms with Crippen LogP contribution in [0.5, 0.6) is 5.88 Å². The van der Waals surface area contributed by atoms with Crippen molar-refractivity contribution in [3.05, 3.63) is 11.3 Å². The van der Waals surface area contributed by atoms with Crippen LogP contribution in [0.25, 0.3) is 0 Å². The van der Waals surface area contributed by atoms with Crippen molar-refractivity contribution >= 4 is 11.8 Å². The van der Waals surface area contributed by atoms with Crippen LogP contribution in [-0.4, -0.2) is 21.3 Å². The fourth-order valence-corrected chi connectivity index (χ4v) is 2.20. The Morgan fingerprint density at radius 2 is 2.06 bits per heavy atom. The number of rotatable bonds is 1. The molecule has 1 aromatic heterocycles. The van der Waals surface area contributed by atoms with Crippen molar-refractivity contribution in [3.63, 3.8) is 0 Å². The van der Waals surface area contributed by atoms with E-state index in [-0.39, 0.29) is 28.7 Å². The molecule has 0 aromatic carbocycles. The van der Waals surface area contributed by atoms with E-state index in [0.717, 1.165) is 11.8 Å². The Morgan fingerprint density at radius 1 is 1.31 bits per heavy atom. The molecule has 1 aliphatic carbocycles. The normalized spacial score (nSPS) is 18.9. The van der Waals surface area contributed by atoms with Gasteiger partial charge in [0.2, 0.25) is 5.88 Å². The Morgan fingerprint density at radius 3 is 2.75 bits per heavy atom. The second kappa shape index (κ2) is 4.16. The van der Waals surface area contributed by atoms with Crippen LogP contribution in [0.3, 0.4) is 0 Å². The maximum absolute atomic E-state index is 13.7. The quantitative estimate of drug-likeness (QED) is 0.470. The fourth-order valence-electron chi connectivity index (χ4n) is 1.84. The predicted octanol–water partition coefficient (Wildman–Crippen LogP) is 2.72. The zero-order valence-electron chi connectivity index (χ0n) is 8.83. The zero-order chi connectivity index (χ0) is 11.8. The predicted molar refractivity (Wildman–Crippen MR) is 56.9 cm³/mol. The summed E-state index contributed by atoms with van der Waals surface area (Å²) in [4.78, 5) is 7.63. The number of thioether (sulfide) groups is 1. The van der Waals surface area contributed by atoms with E-state index in [4.69, 9.17) is 0 Å². The highest BCUT2D eigenvalue weighted by atomic mass is 32.2. The van der Waals surface area contributed by atoms with Gasteiger partial charge in [-0.2, -0.15) is 13.8 Å². The van der Waals surface area contributed by atoms with Gasteiger partial charge in [0.1, 0.15) is 5.69 Å². The van der Waals surface area contributed by atoms with Gasteiger partial charge in [-0.25, -0.2) is 4.98 Å². The lowest BCUT2D eigenvalue weighted by Gasteiger charge is -2.16. The summed E-state index contributed by atoms with van der Waals surface area (Å²) in [6.07, 6.45) is 2.99. The summed E-state index contributed by atoms with van der Waals surface area (Å²) in [7, 11) is 0. The highest BCUT2D eigenvalue weighted by molar-refractivity contribution is 7.98. The van der Waals surface area contributed by atoms with Gasteiger partial charge in [-0.05, 0) is 25.5 Å². The smallest absolute Gasteiger partial charge is 0.290 e. The van der Waals surface area contributed by atoms with Crippen molar-refractivity contribution in [1.82, 2.24) is 9.97 Å². The number of halogens is 2. The largest absolute Gasteiger partial charge is 0.493 e. The molecule has 1 N–H and O–H groups in total. The summed E-state index contributed by atoms with van der Waals surface area (Å²) < 4.78 is 27.5. The topological polar surface area (TPSA) is 46.0 Å². The van der Waals surface area contributed by atoms with Crippen LogP contribution in [0.2, 0.25) is 0 Å². The van der Waals surface area contributed by atoms with Crippen LogP contribution in [-0.2, 0) is 12.3 Å². The van der Waals surface area contributed by atoms with E-state index in [9.17, 15) is 13.9 Å². The second-order valence-electron chi connectivity index (χ2n) is 3.77. The molecule has 1 heterocycles. The highest BCUT2D eigenvalue weighted by Crippen LogP contribution is 2.40. The monoisotopic (exact) mass is 246 g/mol. The van der Waals surface area contributed by atoms with Crippen LogP contribution < -0.4 is 0 Å². The third-order valence-electron chi connectivity index (χ3n) is 2.66. The first-order valence-electron chi connectivity index (χ1n) is 5.07. The van der Waals surface area contributed by atoms with Crippen LogP contribution in [0, 0.1) is 0 Å². The lowest BCUT2D eigenvalue weighted by atomic mass is 10.1. The molecule has 3 nitrogen and oxygen atoms in total. The van der Waals surface area contributed by atoms with Gasteiger partial charge < -0.3 is 5.11 Å². The van der Waals surface area contributed by atoms with Crippen LogP contribution in [0.4, 0.5) is 8.78 Å². The summed E-state index contributed by atoms with van der Waals surface area (Å²) in [5, 5.41) is 9.82. The maximum atomic E-state index is 13.7. The van der Waals surface area contributed by atoms with Crippen molar-refractivity contribution in [3.8, 4) is 5.88 Å². The molecule has 1 aromatic rings. The number of aromatic nitrogens is 2. The minimum atomic E-state index is -2.95. The molecule has 0 aliphatic heterocycles. The van der Waals surface area contributed by atoms with E-state index < -0.39 is 5.92 Å². The van der Waals surface area contributed by atoms with Crippen molar-refractivity contribution in [2.45, 2.75) is 36.8 Å². The third-order valence-corrected chi connectivity index (χ3v) is 3.21. The Kier molecular flexibility index (Phi) is 3.01. The van der Waals surface area contributed by atoms with Crippen molar-refractivity contribution in [1.29, 1.82) is 0 Å². The highest BCUT2D eigenvalue weighted by Gasteiger charge is 2.38. The first-order valence-corrected chi connectivity index (χ1v) is 6.29. The van der Waals surface area contributed by atoms with Gasteiger partial charge in [-0.3, -0.25) is 0 Å². The number of aromatic hydroxyl groups is 1. The molecule has 6 heteroatoms. The van der Waals surface area contributed by atoms with Gasteiger partial charge >= 0.3 is 0 Å². The van der Waals surface area contributed by atoms with E-state index in [1.54, 1.807) is 6.26 Å². The number of hydrogen-bond acceptors (Lipinski definition) is 4. The Labute approximate surface area is 96.3 Å². The Balaban J connectivity index is 2.58. The summed E-state index contributed by atoms with van der Waals surface area (Å²) in [6, 6.07) is 0. The zero-order valence-corrected chi connectivity index (χ0v) is 9.65. The van der Waals surface area contributed by atoms with Gasteiger partial charge in [-0.15, -0.1) is 0 Å². The molecule has 0 fully saturated rings. The van der Waals surface area contributed by atoms with Crippen LogP contribution >= 0.6 is 11.8 Å². The van der Waals surface area contributed by atoms with E-state index in [0.29, 0.717) is 19.3 Å². The lowest BCUT2D eigenvalue weighted by Crippen LogP contribution is -2.17. The number of nitrogens with zero attached hydrogens (tertiary/aromatic N) is 2. The average Bonchev–Trinajstić information content (AvgIpc) is 2.38. The van der Waals surface area contributed by atoms with E-state index in [1.807, 2.05) is 0 Å². The van der Waals surface area contributed by atoms with E-state index in [1.165, 1.54) is 0 Å². The van der Waals surface area contributed by atoms with Crippen LogP contribution in [0.15, 0.2) is 5.16 Å². The van der Waals surface area contributed by atoms with Crippen molar-refractivity contribution in [2.24, 2.45) is 0 Å². The van der Waals surface area contributed by atoms with Gasteiger partial charge in [-0.1, -0.05) is 11.8 Å². The van der Waals surface area contributed by atoms with Crippen molar-refractivity contribution < 1.29 is 13.9 Å². The van der Waals surface area contributed by atoms with E-state index in [2.05, 4.69) is 9.97 Å². The van der Waals surface area contributed by atoms with Gasteiger partial charge in [0.05, 0.1) is 0 Å². The number of fused-ring (bicyclic) bond motifs is 1. The van der Waals surface area contributed by atoms with Crippen molar-refractivity contribution in [2.75, 3.05) is 6.26 Å². The molecule has 0 radical (unpaired) electrons. The minimum absolute atomic E-state index is 0.192. The first kappa shape index (κ1) is 11.6. The Hall–Kier alpha value is -0.910. The standard InChI is InChI=1S/C10H12F2N2OS/c1-16-9-13-7-6(8(15)14-9)4-2-3-5-10(7,11)12/h2-5H2,1H3,(H,13,14,15). The summed E-state index contributed by atoms with van der Waals surface area (Å²) >= 11 is 1.15. The van der Waals surface area contributed by atoms with Gasteiger partial charge in [0, 0.05) is 12.0 Å². The molecule has 0 saturated heterocycles. The molecule has 0 saturated carbocycles. The number of hydrogen-bond donors (Lipinski definition) is 1. The molecular weight excluding hydrogens is 234 g/mol. The fraction of sp³-hybridized carbons (Fsp3) is 0.600. The molecule has 88 valence electrons. The molecule has 1 aliphatic rings. The van der Waals surface area contributed by atoms with Gasteiger partial charge in [0.15, 0.2) is 5.16 Å². The molecule has 0 unspecified atom stereocenters. The molecule has 0 atom stereocenters. The molecule has 0 bridgehead atoms. The van der Waals surface area contributed by atoms with Gasteiger partial charge in [0.25, 0.3) is 5.92 Å². The molecule has 0 amide bonds. The lowest BCUT2D eigenvalue weighted by molar-refractivity contribution is -0.0190. The maximum Gasteiger partial charge on any atom is 0.290 e. The molecule has 0 spiro atoms. The summed E-state index contributed by atoms with van der Waals surface area (Å²) in [6.45, 7) is 0. The third kappa shape index (κ3) is 1.98. The SMILES string of the molecule is CSc1nc(O)c2c(n1)C(F)(F)CCCC2. The second-order valence-corrected chi connectivity index (χ2v) is 4.55.